The molecule has 0 radical (unpaired) electrons. The van der Waals surface area contributed by atoms with Crippen molar-refractivity contribution < 1.29 is 32.5 Å². The minimum Gasteiger partial charge on any atom is -0.395 e. The molecule has 27 heavy (non-hydrogen) atoms. The zero-order chi connectivity index (χ0) is 18.6. The number of hydrogen-bond donors (Lipinski definition) is 1. The number of nitrogens with zero attached hydrogens (tertiary/aromatic N) is 2. The van der Waals surface area contributed by atoms with Crippen LogP contribution in [0.15, 0.2) is 12.1 Å². The quantitative estimate of drug-likeness (QED) is 0.794. The topological polar surface area (TPSA) is 82.2 Å². The van der Waals surface area contributed by atoms with Gasteiger partial charge in [0.25, 0.3) is 0 Å². The number of fused-ring (bicyclic) bond motifs is 2. The Bertz CT molecular complexity index is 870. The molecule has 0 bridgehead atoms. The van der Waals surface area contributed by atoms with E-state index in [2.05, 4.69) is 19.8 Å². The molecule has 2 aromatic rings. The maximum atomic E-state index is 13.1. The van der Waals surface area contributed by atoms with Crippen LogP contribution in [0.2, 0.25) is 0 Å². The van der Waals surface area contributed by atoms with E-state index < -0.39 is 11.9 Å². The third-order valence-corrected chi connectivity index (χ3v) is 5.66. The van der Waals surface area contributed by atoms with Crippen molar-refractivity contribution in [2.45, 2.75) is 18.3 Å². The molecule has 3 aliphatic rings. The summed E-state index contributed by atoms with van der Waals surface area (Å²) in [6, 6.07) is 2.52. The Balaban J connectivity index is 1.32. The second-order valence-corrected chi connectivity index (χ2v) is 7.67. The summed E-state index contributed by atoms with van der Waals surface area (Å²) in [5.74, 6) is -0.127. The molecule has 5 rings (SSSR count). The zero-order valence-electron chi connectivity index (χ0n) is 14.0. The molecule has 0 aliphatic carbocycles. The van der Waals surface area contributed by atoms with E-state index in [1.807, 2.05) is 0 Å². The third kappa shape index (κ3) is 3.05. The fourth-order valence-electron chi connectivity index (χ4n) is 3.44. The second kappa shape index (κ2) is 5.88. The number of rotatable bonds is 1. The number of ether oxygens (including phenoxy) is 4. The molecular weight excluding hydrogens is 384 g/mol. The van der Waals surface area contributed by atoms with Crippen molar-refractivity contribution >= 4 is 32.7 Å². The van der Waals surface area contributed by atoms with Crippen molar-refractivity contribution in [1.82, 2.24) is 9.88 Å². The van der Waals surface area contributed by atoms with Crippen LogP contribution < -0.4 is 14.8 Å². The van der Waals surface area contributed by atoms with Gasteiger partial charge in [0, 0.05) is 31.7 Å². The lowest BCUT2D eigenvalue weighted by molar-refractivity contribution is -0.286. The average Bonchev–Trinajstić information content (AvgIpc) is 3.28. The summed E-state index contributed by atoms with van der Waals surface area (Å²) in [5.41, 5.74) is 0.0159. The standard InChI is InChI=1S/C16H15F2N3O5S/c17-16(18)25-10-5-9-12(6-11(10)26-16)27-13(19-9)20-14(22)21-2-4-24-15(7-21)1-3-23-8-15/h5-6H,1-4,7-8H2,(H,19,20,22). The van der Waals surface area contributed by atoms with E-state index in [9.17, 15) is 13.6 Å². The van der Waals surface area contributed by atoms with Crippen LogP contribution in [-0.4, -0.2) is 60.7 Å². The molecule has 0 saturated carbocycles. The Morgan fingerprint density at radius 1 is 1.26 bits per heavy atom. The van der Waals surface area contributed by atoms with E-state index in [4.69, 9.17) is 9.47 Å². The number of carbonyl (C=O) groups excluding carboxylic acids is 1. The molecule has 1 unspecified atom stereocenters. The SMILES string of the molecule is O=C(Nc1nc2cc3c(cc2s1)OC(F)(F)O3)N1CCOC2(CCOC2)C1. The first-order valence-corrected chi connectivity index (χ1v) is 9.21. The van der Waals surface area contributed by atoms with E-state index in [1.165, 1.54) is 23.5 Å². The van der Waals surface area contributed by atoms with Gasteiger partial charge in [-0.25, -0.2) is 9.78 Å². The highest BCUT2D eigenvalue weighted by Gasteiger charge is 2.44. The van der Waals surface area contributed by atoms with E-state index in [0.29, 0.717) is 48.3 Å². The average molecular weight is 399 g/mol. The summed E-state index contributed by atoms with van der Waals surface area (Å²) >= 11 is 1.17. The van der Waals surface area contributed by atoms with Gasteiger partial charge in [-0.1, -0.05) is 11.3 Å². The van der Waals surface area contributed by atoms with Crippen molar-refractivity contribution in [3.63, 3.8) is 0 Å². The number of morpholine rings is 1. The van der Waals surface area contributed by atoms with Crippen LogP contribution in [0.4, 0.5) is 18.7 Å². The van der Waals surface area contributed by atoms with Gasteiger partial charge < -0.3 is 23.8 Å². The van der Waals surface area contributed by atoms with Crippen LogP contribution in [0.25, 0.3) is 10.2 Å². The van der Waals surface area contributed by atoms with E-state index in [0.717, 1.165) is 6.42 Å². The summed E-state index contributed by atoms with van der Waals surface area (Å²) in [7, 11) is 0. The fraction of sp³-hybridized carbons (Fsp3) is 0.500. The summed E-state index contributed by atoms with van der Waals surface area (Å²) in [5, 5.41) is 3.14. The van der Waals surface area contributed by atoms with Crippen LogP contribution in [0.3, 0.4) is 0 Å². The van der Waals surface area contributed by atoms with Crippen LogP contribution >= 0.6 is 11.3 Å². The van der Waals surface area contributed by atoms with Gasteiger partial charge in [0.2, 0.25) is 0 Å². The highest BCUT2D eigenvalue weighted by molar-refractivity contribution is 7.22. The fourth-order valence-corrected chi connectivity index (χ4v) is 4.31. The number of alkyl halides is 2. The largest absolute Gasteiger partial charge is 0.586 e. The lowest BCUT2D eigenvalue weighted by Crippen LogP contribution is -2.55. The van der Waals surface area contributed by atoms with Gasteiger partial charge in [0.1, 0.15) is 5.60 Å². The van der Waals surface area contributed by atoms with Gasteiger partial charge in [-0.15, -0.1) is 8.78 Å². The molecule has 11 heteroatoms. The Labute approximate surface area is 155 Å². The Kier molecular flexibility index (Phi) is 3.68. The Morgan fingerprint density at radius 3 is 2.85 bits per heavy atom. The van der Waals surface area contributed by atoms with Gasteiger partial charge in [-0.2, -0.15) is 0 Å². The molecule has 2 amide bonds. The smallest absolute Gasteiger partial charge is 0.395 e. The van der Waals surface area contributed by atoms with Crippen LogP contribution in [-0.2, 0) is 9.47 Å². The summed E-state index contributed by atoms with van der Waals surface area (Å²) in [6.45, 7) is 2.49. The van der Waals surface area contributed by atoms with E-state index in [-0.39, 0.29) is 17.5 Å². The molecule has 3 aliphatic heterocycles. The molecule has 8 nitrogen and oxygen atoms in total. The van der Waals surface area contributed by atoms with Gasteiger partial charge in [-0.3, -0.25) is 5.32 Å². The predicted molar refractivity (Wildman–Crippen MR) is 90.5 cm³/mol. The van der Waals surface area contributed by atoms with Crippen LogP contribution in [0.5, 0.6) is 11.5 Å². The predicted octanol–water partition coefficient (Wildman–Crippen LogP) is 2.64. The number of anilines is 1. The minimum absolute atomic E-state index is 0.0506. The maximum Gasteiger partial charge on any atom is 0.586 e. The summed E-state index contributed by atoms with van der Waals surface area (Å²) in [6.07, 6.45) is -2.91. The number of halogens is 2. The Hall–Kier alpha value is -2.24. The normalized spacial score (nSPS) is 26.1. The molecule has 4 heterocycles. The molecule has 1 N–H and O–H groups in total. The summed E-state index contributed by atoms with van der Waals surface area (Å²) < 4.78 is 47.0. The third-order valence-electron chi connectivity index (χ3n) is 4.73. The van der Waals surface area contributed by atoms with E-state index >= 15 is 0 Å². The number of thiazole rings is 1. The highest BCUT2D eigenvalue weighted by atomic mass is 32.1. The highest BCUT2D eigenvalue weighted by Crippen LogP contribution is 2.44. The molecule has 144 valence electrons. The molecule has 2 saturated heterocycles. The molecule has 2 fully saturated rings. The van der Waals surface area contributed by atoms with Gasteiger partial charge >= 0.3 is 12.3 Å². The van der Waals surface area contributed by atoms with Crippen LogP contribution in [0.1, 0.15) is 6.42 Å². The monoisotopic (exact) mass is 399 g/mol. The number of nitrogens with one attached hydrogen (secondary N) is 1. The van der Waals surface area contributed by atoms with Crippen molar-refractivity contribution in [3.8, 4) is 11.5 Å². The number of benzene rings is 1. The van der Waals surface area contributed by atoms with Crippen LogP contribution in [0, 0.1) is 0 Å². The number of carbonyl (C=O) groups is 1. The number of amides is 2. The number of aromatic nitrogens is 1. The lowest BCUT2D eigenvalue weighted by Gasteiger charge is -2.39. The number of urea groups is 1. The van der Waals surface area contributed by atoms with Crippen molar-refractivity contribution in [3.05, 3.63) is 12.1 Å². The van der Waals surface area contributed by atoms with Gasteiger partial charge in [0.05, 0.1) is 30.0 Å². The zero-order valence-corrected chi connectivity index (χ0v) is 14.8. The molecule has 1 atom stereocenters. The van der Waals surface area contributed by atoms with Crippen molar-refractivity contribution in [2.75, 3.05) is 38.2 Å². The van der Waals surface area contributed by atoms with E-state index in [1.54, 1.807) is 4.90 Å². The summed E-state index contributed by atoms with van der Waals surface area (Å²) in [4.78, 5) is 18.6. The molecule has 1 aromatic heterocycles. The maximum absolute atomic E-state index is 13.1. The first kappa shape index (κ1) is 16.9. The first-order valence-electron chi connectivity index (χ1n) is 8.40. The Morgan fingerprint density at radius 2 is 2.07 bits per heavy atom. The van der Waals surface area contributed by atoms with Gasteiger partial charge in [0.15, 0.2) is 16.6 Å². The second-order valence-electron chi connectivity index (χ2n) is 6.64. The van der Waals surface area contributed by atoms with Gasteiger partial charge in [-0.05, 0) is 0 Å². The minimum atomic E-state index is -3.67. The number of hydrogen-bond acceptors (Lipinski definition) is 7. The molecule has 1 spiro atoms. The van der Waals surface area contributed by atoms with Crippen molar-refractivity contribution in [2.24, 2.45) is 0 Å². The molecule has 1 aromatic carbocycles. The molecular formula is C16H15F2N3O5S. The first-order chi connectivity index (χ1) is 12.9. The lowest BCUT2D eigenvalue weighted by atomic mass is 10.0. The van der Waals surface area contributed by atoms with Crippen molar-refractivity contribution in [1.29, 1.82) is 0 Å².